The summed E-state index contributed by atoms with van der Waals surface area (Å²) in [4.78, 5) is 0. The average molecular weight is 507 g/mol. The third kappa shape index (κ3) is 23.5. The van der Waals surface area contributed by atoms with Crippen LogP contribution in [0, 0.1) is 17.8 Å². The zero-order valence-corrected chi connectivity index (χ0v) is 24.6. The molecule has 4 unspecified atom stereocenters. The minimum atomic E-state index is -0.207. The summed E-state index contributed by atoms with van der Waals surface area (Å²) in [5.74, 6) is 1.59. The monoisotopic (exact) mass is 506 g/mol. The molecule has 212 valence electrons. The van der Waals surface area contributed by atoms with Gasteiger partial charge in [-0.25, -0.2) is 0 Å². The van der Waals surface area contributed by atoms with Crippen molar-refractivity contribution in [1.29, 1.82) is 0 Å². The molecule has 3 heteroatoms. The van der Waals surface area contributed by atoms with Crippen LogP contribution in [0.2, 0.25) is 0 Å². The summed E-state index contributed by atoms with van der Waals surface area (Å²) in [5, 5.41) is 29.6. The molecular formula is C33H62O3. The van der Waals surface area contributed by atoms with Crippen molar-refractivity contribution in [1.82, 2.24) is 0 Å². The highest BCUT2D eigenvalue weighted by molar-refractivity contribution is 5.16. The van der Waals surface area contributed by atoms with Crippen molar-refractivity contribution in [2.24, 2.45) is 17.8 Å². The van der Waals surface area contributed by atoms with Crippen LogP contribution in [0.5, 0.6) is 0 Å². The molecule has 0 amide bonds. The molecule has 0 spiro atoms. The van der Waals surface area contributed by atoms with Crippen LogP contribution in [0.3, 0.4) is 0 Å². The van der Waals surface area contributed by atoms with Crippen molar-refractivity contribution < 1.29 is 15.3 Å². The maximum atomic E-state index is 10.5. The van der Waals surface area contributed by atoms with Gasteiger partial charge in [-0.2, -0.15) is 0 Å². The van der Waals surface area contributed by atoms with E-state index in [0.717, 1.165) is 70.6 Å². The van der Waals surface area contributed by atoms with E-state index in [1.807, 2.05) is 0 Å². The van der Waals surface area contributed by atoms with Crippen LogP contribution in [0.25, 0.3) is 0 Å². The normalized spacial score (nSPS) is 16.3. The Morgan fingerprint density at radius 3 is 2.06 bits per heavy atom. The minimum Gasteiger partial charge on any atom is -0.396 e. The van der Waals surface area contributed by atoms with Crippen LogP contribution in [0.1, 0.15) is 137 Å². The van der Waals surface area contributed by atoms with Crippen molar-refractivity contribution >= 4 is 0 Å². The van der Waals surface area contributed by atoms with Gasteiger partial charge in [-0.15, -0.1) is 0 Å². The zero-order chi connectivity index (χ0) is 27.0. The summed E-state index contributed by atoms with van der Waals surface area (Å²) in [5.41, 5.74) is 1.36. The Morgan fingerprint density at radius 2 is 1.36 bits per heavy atom. The van der Waals surface area contributed by atoms with Crippen LogP contribution in [-0.4, -0.2) is 34.1 Å². The summed E-state index contributed by atoms with van der Waals surface area (Å²) < 4.78 is 0. The Morgan fingerprint density at radius 1 is 0.722 bits per heavy atom. The van der Waals surface area contributed by atoms with Gasteiger partial charge < -0.3 is 15.3 Å². The lowest BCUT2D eigenvalue weighted by Crippen LogP contribution is -2.20. The molecule has 0 aliphatic carbocycles. The van der Waals surface area contributed by atoms with Gasteiger partial charge in [0, 0.05) is 6.61 Å². The van der Waals surface area contributed by atoms with Gasteiger partial charge in [0.25, 0.3) is 0 Å². The van der Waals surface area contributed by atoms with Crippen molar-refractivity contribution in [3.63, 3.8) is 0 Å². The molecule has 0 aromatic rings. The van der Waals surface area contributed by atoms with Gasteiger partial charge in [0.15, 0.2) is 0 Å². The van der Waals surface area contributed by atoms with E-state index in [-0.39, 0.29) is 18.8 Å². The summed E-state index contributed by atoms with van der Waals surface area (Å²) in [6.07, 6.45) is 28.0. The van der Waals surface area contributed by atoms with Gasteiger partial charge in [0.1, 0.15) is 0 Å². The molecule has 0 bridgehead atoms. The SMILES string of the molecule is CC(C=CC(C)C)=CCCCCC=CCC(O)CCCCCCCC(O)C(C)CC(C)CCCCO. The molecule has 0 fully saturated rings. The molecule has 0 aromatic heterocycles. The smallest absolute Gasteiger partial charge is 0.0574 e. The Balaban J connectivity index is 3.64. The molecule has 0 rings (SSSR count). The summed E-state index contributed by atoms with van der Waals surface area (Å²) in [6.45, 7) is 11.3. The number of aliphatic hydroxyl groups excluding tert-OH is 3. The van der Waals surface area contributed by atoms with E-state index in [0.29, 0.717) is 17.8 Å². The lowest BCUT2D eigenvalue weighted by Gasteiger charge is -2.22. The number of hydrogen-bond acceptors (Lipinski definition) is 3. The van der Waals surface area contributed by atoms with Crippen molar-refractivity contribution in [3.05, 3.63) is 36.0 Å². The van der Waals surface area contributed by atoms with Crippen molar-refractivity contribution in [2.75, 3.05) is 6.61 Å². The Labute approximate surface area is 225 Å². The second-order valence-corrected chi connectivity index (χ2v) is 11.6. The zero-order valence-electron chi connectivity index (χ0n) is 24.6. The lowest BCUT2D eigenvalue weighted by molar-refractivity contribution is 0.0907. The van der Waals surface area contributed by atoms with E-state index in [2.05, 4.69) is 65.0 Å². The third-order valence-electron chi connectivity index (χ3n) is 7.18. The van der Waals surface area contributed by atoms with Crippen molar-refractivity contribution in [2.45, 2.75) is 150 Å². The van der Waals surface area contributed by atoms with Gasteiger partial charge >= 0.3 is 0 Å². The van der Waals surface area contributed by atoms with Crippen LogP contribution in [-0.2, 0) is 0 Å². The van der Waals surface area contributed by atoms with Gasteiger partial charge in [0.05, 0.1) is 12.2 Å². The van der Waals surface area contributed by atoms with E-state index in [9.17, 15) is 10.2 Å². The number of aliphatic hydroxyl groups is 3. The maximum Gasteiger partial charge on any atom is 0.0574 e. The quantitative estimate of drug-likeness (QED) is 0.0695. The fourth-order valence-corrected chi connectivity index (χ4v) is 4.70. The maximum absolute atomic E-state index is 10.5. The predicted octanol–water partition coefficient (Wildman–Crippen LogP) is 8.93. The van der Waals surface area contributed by atoms with E-state index in [1.165, 1.54) is 37.7 Å². The third-order valence-corrected chi connectivity index (χ3v) is 7.18. The van der Waals surface area contributed by atoms with Gasteiger partial charge in [-0.05, 0) is 82.5 Å². The van der Waals surface area contributed by atoms with E-state index < -0.39 is 0 Å². The highest BCUT2D eigenvalue weighted by atomic mass is 16.3. The summed E-state index contributed by atoms with van der Waals surface area (Å²) >= 11 is 0. The molecular weight excluding hydrogens is 444 g/mol. The number of rotatable bonds is 24. The topological polar surface area (TPSA) is 60.7 Å². The predicted molar refractivity (Wildman–Crippen MR) is 158 cm³/mol. The second-order valence-electron chi connectivity index (χ2n) is 11.6. The Hall–Kier alpha value is -0.900. The molecule has 3 N–H and O–H groups in total. The number of hydrogen-bond donors (Lipinski definition) is 3. The molecule has 0 heterocycles. The molecule has 3 nitrogen and oxygen atoms in total. The molecule has 36 heavy (non-hydrogen) atoms. The molecule has 0 radical (unpaired) electrons. The minimum absolute atomic E-state index is 0.189. The number of unbranched alkanes of at least 4 members (excludes halogenated alkanes) is 8. The number of allylic oxidation sites excluding steroid dienone is 5. The highest BCUT2D eigenvalue weighted by Gasteiger charge is 2.16. The van der Waals surface area contributed by atoms with Crippen LogP contribution < -0.4 is 0 Å². The van der Waals surface area contributed by atoms with E-state index in [4.69, 9.17) is 5.11 Å². The van der Waals surface area contributed by atoms with E-state index >= 15 is 0 Å². The first-order valence-corrected chi connectivity index (χ1v) is 15.2. The standard InChI is InChI=1S/C33H62O3/c1-28(2)24-25-29(3)19-13-9-6-7-10-14-21-32(35)22-15-11-8-12-16-23-33(36)31(5)27-30(4)20-17-18-26-34/h10,14,19,24-25,28,30-36H,6-9,11-13,15-18,20-23,26-27H2,1-5H3. The molecule has 0 aromatic carbocycles. The average Bonchev–Trinajstić information content (AvgIpc) is 2.83. The molecule has 0 aliphatic heterocycles. The fourth-order valence-electron chi connectivity index (χ4n) is 4.70. The first kappa shape index (κ1) is 35.1. The summed E-state index contributed by atoms with van der Waals surface area (Å²) in [6, 6.07) is 0. The van der Waals surface area contributed by atoms with Crippen LogP contribution in [0.15, 0.2) is 36.0 Å². The molecule has 4 atom stereocenters. The van der Waals surface area contributed by atoms with Crippen LogP contribution in [0.4, 0.5) is 0 Å². The van der Waals surface area contributed by atoms with Gasteiger partial charge in [-0.1, -0.05) is 109 Å². The summed E-state index contributed by atoms with van der Waals surface area (Å²) in [7, 11) is 0. The van der Waals surface area contributed by atoms with Gasteiger partial charge in [-0.3, -0.25) is 0 Å². The molecule has 0 saturated heterocycles. The van der Waals surface area contributed by atoms with E-state index in [1.54, 1.807) is 0 Å². The van der Waals surface area contributed by atoms with Gasteiger partial charge in [0.2, 0.25) is 0 Å². The van der Waals surface area contributed by atoms with Crippen LogP contribution >= 0.6 is 0 Å². The molecule has 0 saturated carbocycles. The first-order chi connectivity index (χ1) is 17.3. The lowest BCUT2D eigenvalue weighted by atomic mass is 9.88. The Kier molecular flexibility index (Phi) is 23.8. The highest BCUT2D eigenvalue weighted by Crippen LogP contribution is 2.23. The fraction of sp³-hybridized carbons (Fsp3) is 0.818. The first-order valence-electron chi connectivity index (χ1n) is 15.2. The van der Waals surface area contributed by atoms with Crippen molar-refractivity contribution in [3.8, 4) is 0 Å². The second kappa shape index (κ2) is 24.4. The molecule has 0 aliphatic rings. The largest absolute Gasteiger partial charge is 0.396 e. The Bertz CT molecular complexity index is 563.